The highest BCUT2D eigenvalue weighted by Gasteiger charge is 2.28. The fraction of sp³-hybridized carbons (Fsp3) is 0.333. The van der Waals surface area contributed by atoms with Crippen LogP contribution in [-0.2, 0) is 0 Å². The summed E-state index contributed by atoms with van der Waals surface area (Å²) in [6, 6.07) is 3.86. The average molecular weight is 279 g/mol. The molecule has 1 saturated carbocycles. The molecule has 3 rings (SSSR count). The van der Waals surface area contributed by atoms with E-state index in [0.717, 1.165) is 29.7 Å². The number of hydrogen-bond acceptors (Lipinski definition) is 2. The van der Waals surface area contributed by atoms with E-state index < -0.39 is 0 Å². The van der Waals surface area contributed by atoms with E-state index in [1.165, 1.54) is 0 Å². The molecule has 0 aliphatic heterocycles. The second-order valence-corrected chi connectivity index (χ2v) is 5.12. The average Bonchev–Trinajstić information content (AvgIpc) is 3.07. The van der Waals surface area contributed by atoms with Gasteiger partial charge in [0.15, 0.2) is 0 Å². The van der Waals surface area contributed by atoms with E-state index in [1.807, 2.05) is 19.1 Å². The Morgan fingerprint density at radius 2 is 2.25 bits per heavy atom. The van der Waals surface area contributed by atoms with Crippen LogP contribution in [0.3, 0.4) is 0 Å². The second kappa shape index (κ2) is 3.42. The summed E-state index contributed by atoms with van der Waals surface area (Å²) >= 11 is 3.36. The lowest BCUT2D eigenvalue weighted by atomic mass is 10.2. The summed E-state index contributed by atoms with van der Waals surface area (Å²) < 4.78 is 2.21. The van der Waals surface area contributed by atoms with Crippen molar-refractivity contribution in [3.8, 4) is 0 Å². The van der Waals surface area contributed by atoms with Crippen molar-refractivity contribution >= 4 is 21.6 Å². The van der Waals surface area contributed by atoms with Crippen LogP contribution in [0.4, 0.5) is 0 Å². The largest absolute Gasteiger partial charge is 0.272 e. The predicted octanol–water partition coefficient (Wildman–Crippen LogP) is 2.64. The first-order valence-electron chi connectivity index (χ1n) is 5.35. The summed E-state index contributed by atoms with van der Waals surface area (Å²) in [6.07, 6.45) is 4.07. The van der Waals surface area contributed by atoms with Gasteiger partial charge in [0.1, 0.15) is 10.1 Å². The van der Waals surface area contributed by atoms with Gasteiger partial charge >= 0.3 is 0 Å². The molecule has 1 aliphatic rings. The first-order valence-corrected chi connectivity index (χ1v) is 6.14. The lowest BCUT2D eigenvalue weighted by molar-refractivity contribution is 0.938. The maximum Gasteiger partial charge on any atom is 0.272 e. The third kappa shape index (κ3) is 1.48. The molecule has 0 atom stereocenters. The third-order valence-electron chi connectivity index (χ3n) is 2.92. The molecule has 0 bridgehead atoms. The summed E-state index contributed by atoms with van der Waals surface area (Å²) in [7, 11) is 0. The molecule has 0 saturated heterocycles. The van der Waals surface area contributed by atoms with Gasteiger partial charge in [-0.2, -0.15) is 0 Å². The molecular weight excluding hydrogens is 268 g/mol. The number of nitrogens with zero attached hydrogens (tertiary/aromatic N) is 2. The SMILES string of the molecule is Cc1ccn2c(=O)c(Br)c(C3CC3)nc2c1. The van der Waals surface area contributed by atoms with Crippen LogP contribution in [0, 0.1) is 6.92 Å². The summed E-state index contributed by atoms with van der Waals surface area (Å²) in [5.41, 5.74) is 2.79. The van der Waals surface area contributed by atoms with Crippen LogP contribution in [0.25, 0.3) is 5.65 Å². The van der Waals surface area contributed by atoms with E-state index in [2.05, 4.69) is 20.9 Å². The molecule has 0 amide bonds. The van der Waals surface area contributed by atoms with E-state index in [9.17, 15) is 4.79 Å². The Morgan fingerprint density at radius 3 is 2.94 bits per heavy atom. The fourth-order valence-electron chi connectivity index (χ4n) is 1.86. The Hall–Kier alpha value is -1.16. The first kappa shape index (κ1) is 10.0. The molecule has 1 fully saturated rings. The van der Waals surface area contributed by atoms with Gasteiger partial charge in [0.2, 0.25) is 0 Å². The van der Waals surface area contributed by atoms with Crippen LogP contribution in [0.2, 0.25) is 0 Å². The Labute approximate surface area is 101 Å². The number of aromatic nitrogens is 2. The van der Waals surface area contributed by atoms with Gasteiger partial charge in [0, 0.05) is 12.1 Å². The maximum atomic E-state index is 12.1. The van der Waals surface area contributed by atoms with Crippen molar-refractivity contribution in [2.75, 3.05) is 0 Å². The standard InChI is InChI=1S/C12H11BrN2O/c1-7-4-5-15-9(6-7)14-11(8-2-3-8)10(13)12(15)16/h4-6,8H,2-3H2,1H3. The minimum atomic E-state index is -0.00750. The molecule has 0 radical (unpaired) electrons. The van der Waals surface area contributed by atoms with Gasteiger partial charge in [0.25, 0.3) is 5.56 Å². The minimum Gasteiger partial charge on any atom is -0.268 e. The van der Waals surface area contributed by atoms with Crippen LogP contribution in [0.1, 0.15) is 30.0 Å². The van der Waals surface area contributed by atoms with E-state index in [1.54, 1.807) is 10.6 Å². The molecule has 0 N–H and O–H groups in total. The van der Waals surface area contributed by atoms with Crippen molar-refractivity contribution in [1.82, 2.24) is 9.38 Å². The zero-order valence-corrected chi connectivity index (χ0v) is 10.5. The minimum absolute atomic E-state index is 0.00750. The lowest BCUT2D eigenvalue weighted by Crippen LogP contribution is -2.17. The van der Waals surface area contributed by atoms with Crippen LogP contribution >= 0.6 is 15.9 Å². The predicted molar refractivity (Wildman–Crippen MR) is 65.9 cm³/mol. The monoisotopic (exact) mass is 278 g/mol. The topological polar surface area (TPSA) is 34.4 Å². The van der Waals surface area contributed by atoms with Crippen LogP contribution in [0.15, 0.2) is 27.6 Å². The molecule has 3 nitrogen and oxygen atoms in total. The summed E-state index contributed by atoms with van der Waals surface area (Å²) in [5.74, 6) is 0.479. The Morgan fingerprint density at radius 1 is 1.50 bits per heavy atom. The van der Waals surface area contributed by atoms with E-state index in [4.69, 9.17) is 0 Å². The van der Waals surface area contributed by atoms with E-state index in [0.29, 0.717) is 10.4 Å². The van der Waals surface area contributed by atoms with Gasteiger partial charge in [-0.25, -0.2) is 4.98 Å². The van der Waals surface area contributed by atoms with Crippen LogP contribution in [-0.4, -0.2) is 9.38 Å². The number of rotatable bonds is 1. The summed E-state index contributed by atoms with van der Waals surface area (Å²) in [5, 5.41) is 0. The molecule has 2 aromatic heterocycles. The lowest BCUT2D eigenvalue weighted by Gasteiger charge is -2.06. The highest BCUT2D eigenvalue weighted by atomic mass is 79.9. The smallest absolute Gasteiger partial charge is 0.268 e. The molecule has 2 aromatic rings. The summed E-state index contributed by atoms with van der Waals surface area (Å²) in [6.45, 7) is 2.00. The molecule has 2 heterocycles. The number of aryl methyl sites for hydroxylation is 1. The highest BCUT2D eigenvalue weighted by molar-refractivity contribution is 9.10. The molecular formula is C12H11BrN2O. The Kier molecular flexibility index (Phi) is 2.14. The molecule has 82 valence electrons. The third-order valence-corrected chi connectivity index (χ3v) is 3.67. The number of fused-ring (bicyclic) bond motifs is 1. The molecule has 0 spiro atoms. The molecule has 16 heavy (non-hydrogen) atoms. The molecule has 1 aliphatic carbocycles. The quantitative estimate of drug-likeness (QED) is 0.804. The van der Waals surface area contributed by atoms with Crippen molar-refractivity contribution < 1.29 is 0 Å². The van der Waals surface area contributed by atoms with Crippen molar-refractivity contribution in [3.63, 3.8) is 0 Å². The van der Waals surface area contributed by atoms with E-state index >= 15 is 0 Å². The Balaban J connectivity index is 2.38. The number of hydrogen-bond donors (Lipinski definition) is 0. The van der Waals surface area contributed by atoms with Crippen LogP contribution < -0.4 is 5.56 Å². The van der Waals surface area contributed by atoms with Gasteiger partial charge in [0.05, 0.1) is 5.69 Å². The van der Waals surface area contributed by atoms with Gasteiger partial charge in [-0.15, -0.1) is 0 Å². The number of halogens is 1. The van der Waals surface area contributed by atoms with Gasteiger partial charge in [-0.05, 0) is 53.4 Å². The second-order valence-electron chi connectivity index (χ2n) is 4.32. The summed E-state index contributed by atoms with van der Waals surface area (Å²) in [4.78, 5) is 16.6. The zero-order chi connectivity index (χ0) is 11.3. The molecule has 0 unspecified atom stereocenters. The highest BCUT2D eigenvalue weighted by Crippen LogP contribution is 2.41. The maximum absolute atomic E-state index is 12.1. The van der Waals surface area contributed by atoms with Gasteiger partial charge < -0.3 is 0 Å². The number of pyridine rings is 1. The van der Waals surface area contributed by atoms with Gasteiger partial charge in [-0.1, -0.05) is 0 Å². The van der Waals surface area contributed by atoms with Crippen molar-refractivity contribution in [2.45, 2.75) is 25.7 Å². The zero-order valence-electron chi connectivity index (χ0n) is 8.90. The van der Waals surface area contributed by atoms with E-state index in [-0.39, 0.29) is 5.56 Å². The van der Waals surface area contributed by atoms with Crippen molar-refractivity contribution in [1.29, 1.82) is 0 Å². The van der Waals surface area contributed by atoms with Crippen molar-refractivity contribution in [3.05, 3.63) is 44.4 Å². The van der Waals surface area contributed by atoms with Crippen LogP contribution in [0.5, 0.6) is 0 Å². The van der Waals surface area contributed by atoms with Crippen molar-refractivity contribution in [2.24, 2.45) is 0 Å². The van der Waals surface area contributed by atoms with Gasteiger partial charge in [-0.3, -0.25) is 9.20 Å². The normalized spacial score (nSPS) is 15.6. The molecule has 4 heteroatoms. The molecule has 0 aromatic carbocycles. The Bertz CT molecular complexity index is 629. The fourth-order valence-corrected chi connectivity index (χ4v) is 2.47. The first-order chi connectivity index (χ1) is 7.66.